The molecule has 18 heavy (non-hydrogen) atoms. The van der Waals surface area contributed by atoms with Crippen LogP contribution in [0, 0.1) is 0 Å². The van der Waals surface area contributed by atoms with Gasteiger partial charge in [-0.25, -0.2) is 4.79 Å². The van der Waals surface area contributed by atoms with Crippen LogP contribution in [0.1, 0.15) is 71.1 Å². The summed E-state index contributed by atoms with van der Waals surface area (Å²) in [5.41, 5.74) is 0. The fourth-order valence-corrected chi connectivity index (χ4v) is 1.80. The molecule has 0 aliphatic carbocycles. The fraction of sp³-hybridized carbons (Fsp3) is 0.688. The average Bonchev–Trinajstić information content (AvgIpc) is 2.39. The molecule has 0 atom stereocenters. The summed E-state index contributed by atoms with van der Waals surface area (Å²) >= 11 is 0. The van der Waals surface area contributed by atoms with Gasteiger partial charge in [-0.05, 0) is 18.9 Å². The SMILES string of the molecule is C=CC(=O)O/C=C/CCCCCCCCCCC. The molecule has 2 nitrogen and oxygen atoms in total. The van der Waals surface area contributed by atoms with Crippen molar-refractivity contribution >= 4 is 5.97 Å². The maximum atomic E-state index is 10.7. The molecule has 0 aromatic carbocycles. The lowest BCUT2D eigenvalue weighted by atomic mass is 10.1. The first-order valence-electron chi connectivity index (χ1n) is 7.29. The summed E-state index contributed by atoms with van der Waals surface area (Å²) in [6.45, 7) is 5.58. The zero-order chi connectivity index (χ0) is 13.5. The van der Waals surface area contributed by atoms with Crippen molar-refractivity contribution in [2.45, 2.75) is 71.1 Å². The minimum absolute atomic E-state index is 0.390. The van der Waals surface area contributed by atoms with Crippen molar-refractivity contribution in [3.05, 3.63) is 25.0 Å². The van der Waals surface area contributed by atoms with E-state index in [-0.39, 0.29) is 0 Å². The molecule has 0 unspecified atom stereocenters. The highest BCUT2D eigenvalue weighted by Crippen LogP contribution is 2.10. The highest BCUT2D eigenvalue weighted by molar-refractivity contribution is 5.81. The van der Waals surface area contributed by atoms with Gasteiger partial charge in [-0.2, -0.15) is 0 Å². The third-order valence-corrected chi connectivity index (χ3v) is 2.92. The number of hydrogen-bond donors (Lipinski definition) is 0. The van der Waals surface area contributed by atoms with E-state index in [9.17, 15) is 4.79 Å². The van der Waals surface area contributed by atoms with Crippen molar-refractivity contribution in [2.75, 3.05) is 0 Å². The number of hydrogen-bond acceptors (Lipinski definition) is 2. The van der Waals surface area contributed by atoms with Gasteiger partial charge >= 0.3 is 5.97 Å². The molecule has 0 spiro atoms. The summed E-state index contributed by atoms with van der Waals surface area (Å²) in [5.74, 6) is -0.390. The average molecular weight is 252 g/mol. The third-order valence-electron chi connectivity index (χ3n) is 2.92. The van der Waals surface area contributed by atoms with Crippen LogP contribution in [-0.4, -0.2) is 5.97 Å². The van der Waals surface area contributed by atoms with Gasteiger partial charge in [0.1, 0.15) is 0 Å². The largest absolute Gasteiger partial charge is 0.432 e. The molecule has 104 valence electrons. The molecule has 0 aromatic heterocycles. The number of esters is 1. The van der Waals surface area contributed by atoms with E-state index in [0.29, 0.717) is 0 Å². The lowest BCUT2D eigenvalue weighted by Gasteiger charge is -2.00. The summed E-state index contributed by atoms with van der Waals surface area (Å²) in [6, 6.07) is 0. The number of ether oxygens (including phenoxy) is 1. The van der Waals surface area contributed by atoms with Crippen molar-refractivity contribution in [1.29, 1.82) is 0 Å². The number of allylic oxidation sites excluding steroid dienone is 1. The first-order chi connectivity index (χ1) is 8.81. The summed E-state index contributed by atoms with van der Waals surface area (Å²) in [7, 11) is 0. The molecule has 0 fully saturated rings. The smallest absolute Gasteiger partial charge is 0.334 e. The molecule has 0 radical (unpaired) electrons. The second-order valence-corrected chi connectivity index (χ2v) is 4.63. The predicted octanol–water partition coefficient (Wildman–Crippen LogP) is 5.15. The van der Waals surface area contributed by atoms with Gasteiger partial charge in [0.15, 0.2) is 0 Å². The van der Waals surface area contributed by atoms with Gasteiger partial charge in [0.25, 0.3) is 0 Å². The Morgan fingerprint density at radius 2 is 1.56 bits per heavy atom. The Kier molecular flexibility index (Phi) is 13.2. The Balaban J connectivity index is 3.11. The highest BCUT2D eigenvalue weighted by atomic mass is 16.5. The minimum atomic E-state index is -0.390. The molecular formula is C16H28O2. The number of carbonyl (C=O) groups is 1. The molecule has 0 heterocycles. The Morgan fingerprint density at radius 3 is 2.11 bits per heavy atom. The van der Waals surface area contributed by atoms with Gasteiger partial charge in [0.2, 0.25) is 0 Å². The first kappa shape index (κ1) is 16.9. The highest BCUT2D eigenvalue weighted by Gasteiger charge is 1.92. The van der Waals surface area contributed by atoms with Crippen molar-refractivity contribution < 1.29 is 9.53 Å². The van der Waals surface area contributed by atoms with Crippen molar-refractivity contribution in [3.8, 4) is 0 Å². The molecule has 2 heteroatoms. The van der Waals surface area contributed by atoms with Crippen LogP contribution in [-0.2, 0) is 9.53 Å². The van der Waals surface area contributed by atoms with Crippen LogP contribution < -0.4 is 0 Å². The Labute approximate surface area is 112 Å². The van der Waals surface area contributed by atoms with Crippen LogP contribution >= 0.6 is 0 Å². The zero-order valence-corrected chi connectivity index (χ0v) is 11.8. The van der Waals surface area contributed by atoms with E-state index in [4.69, 9.17) is 4.74 Å². The summed E-state index contributed by atoms with van der Waals surface area (Å²) in [4.78, 5) is 10.7. The van der Waals surface area contributed by atoms with Crippen LogP contribution in [0.15, 0.2) is 25.0 Å². The van der Waals surface area contributed by atoms with E-state index < -0.39 is 5.97 Å². The second-order valence-electron chi connectivity index (χ2n) is 4.63. The van der Waals surface area contributed by atoms with Gasteiger partial charge in [0, 0.05) is 6.08 Å². The van der Waals surface area contributed by atoms with Gasteiger partial charge in [-0.1, -0.05) is 64.9 Å². The molecular weight excluding hydrogens is 224 g/mol. The molecule has 0 N–H and O–H groups in total. The van der Waals surface area contributed by atoms with E-state index in [1.807, 2.05) is 6.08 Å². The number of unbranched alkanes of at least 4 members (excludes halogenated alkanes) is 9. The predicted molar refractivity (Wildman–Crippen MR) is 77.3 cm³/mol. The normalized spacial score (nSPS) is 10.7. The Morgan fingerprint density at radius 1 is 1.00 bits per heavy atom. The molecule has 0 aliphatic rings. The summed E-state index contributed by atoms with van der Waals surface area (Å²) < 4.78 is 4.74. The Bertz CT molecular complexity index is 231. The maximum absolute atomic E-state index is 10.7. The summed E-state index contributed by atoms with van der Waals surface area (Å²) in [6.07, 6.45) is 17.5. The standard InChI is InChI=1S/C16H28O2/c1-3-5-6-7-8-9-10-11-12-13-14-15-18-16(17)4-2/h4,14-15H,2-3,5-13H2,1H3/b15-14+. The van der Waals surface area contributed by atoms with Crippen molar-refractivity contribution in [3.63, 3.8) is 0 Å². The van der Waals surface area contributed by atoms with Crippen molar-refractivity contribution in [2.24, 2.45) is 0 Å². The number of carbonyl (C=O) groups excluding carboxylic acids is 1. The maximum Gasteiger partial charge on any atom is 0.334 e. The van der Waals surface area contributed by atoms with Crippen LogP contribution in [0.3, 0.4) is 0 Å². The molecule has 0 aromatic rings. The molecule has 0 aliphatic heterocycles. The topological polar surface area (TPSA) is 26.3 Å². The number of rotatable bonds is 12. The first-order valence-corrected chi connectivity index (χ1v) is 7.29. The minimum Gasteiger partial charge on any atom is -0.432 e. The van der Waals surface area contributed by atoms with E-state index in [1.165, 1.54) is 70.1 Å². The molecule has 0 amide bonds. The Hall–Kier alpha value is -1.05. The quantitative estimate of drug-likeness (QED) is 0.208. The van der Waals surface area contributed by atoms with Crippen molar-refractivity contribution in [1.82, 2.24) is 0 Å². The summed E-state index contributed by atoms with van der Waals surface area (Å²) in [5, 5.41) is 0. The monoisotopic (exact) mass is 252 g/mol. The molecule has 0 saturated carbocycles. The van der Waals surface area contributed by atoms with E-state index in [0.717, 1.165) is 6.42 Å². The van der Waals surface area contributed by atoms with Gasteiger partial charge in [-0.15, -0.1) is 0 Å². The lowest BCUT2D eigenvalue weighted by Crippen LogP contribution is -1.91. The van der Waals surface area contributed by atoms with Gasteiger partial charge in [0.05, 0.1) is 6.26 Å². The molecule has 0 saturated heterocycles. The van der Waals surface area contributed by atoms with Crippen LogP contribution in [0.2, 0.25) is 0 Å². The van der Waals surface area contributed by atoms with Gasteiger partial charge in [-0.3, -0.25) is 0 Å². The molecule has 0 bridgehead atoms. The van der Waals surface area contributed by atoms with Crippen LogP contribution in [0.4, 0.5) is 0 Å². The van der Waals surface area contributed by atoms with E-state index in [2.05, 4.69) is 13.5 Å². The van der Waals surface area contributed by atoms with E-state index in [1.54, 1.807) is 0 Å². The van der Waals surface area contributed by atoms with E-state index >= 15 is 0 Å². The molecule has 0 rings (SSSR count). The van der Waals surface area contributed by atoms with Gasteiger partial charge < -0.3 is 4.74 Å². The van der Waals surface area contributed by atoms with Crippen LogP contribution in [0.25, 0.3) is 0 Å². The fourth-order valence-electron chi connectivity index (χ4n) is 1.80. The van der Waals surface area contributed by atoms with Crippen LogP contribution in [0.5, 0.6) is 0 Å². The lowest BCUT2D eigenvalue weighted by molar-refractivity contribution is -0.132. The second kappa shape index (κ2) is 14.0. The zero-order valence-electron chi connectivity index (χ0n) is 11.8. The third kappa shape index (κ3) is 13.0.